The zero-order valence-corrected chi connectivity index (χ0v) is 19.5. The average molecular weight is 461 g/mol. The van der Waals surface area contributed by atoms with Crippen molar-refractivity contribution in [3.63, 3.8) is 0 Å². The van der Waals surface area contributed by atoms with E-state index in [0.29, 0.717) is 11.4 Å². The van der Waals surface area contributed by atoms with E-state index in [2.05, 4.69) is 0 Å². The van der Waals surface area contributed by atoms with Crippen LogP contribution in [-0.2, 0) is 19.2 Å². The Bertz CT molecular complexity index is 1150. The summed E-state index contributed by atoms with van der Waals surface area (Å²) in [4.78, 5) is 53.9. The fourth-order valence-corrected chi connectivity index (χ4v) is 5.41. The van der Waals surface area contributed by atoms with Crippen LogP contribution < -0.4 is 14.5 Å². The Morgan fingerprint density at radius 2 is 1.56 bits per heavy atom. The van der Waals surface area contributed by atoms with Gasteiger partial charge in [-0.25, -0.2) is 0 Å². The van der Waals surface area contributed by atoms with Gasteiger partial charge in [0.05, 0.1) is 23.4 Å². The summed E-state index contributed by atoms with van der Waals surface area (Å²) < 4.78 is 5.54. The molecule has 2 heterocycles. The first-order chi connectivity index (χ1) is 16.3. The number of nitrogens with zero attached hydrogens (tertiary/aromatic N) is 2. The number of imide groups is 1. The molecule has 0 unspecified atom stereocenters. The van der Waals surface area contributed by atoms with Crippen LogP contribution in [0.25, 0.3) is 0 Å². The predicted octanol–water partition coefficient (Wildman–Crippen LogP) is 3.94. The number of ether oxygens (including phenoxy) is 1. The van der Waals surface area contributed by atoms with Crippen LogP contribution in [0, 0.1) is 31.6 Å². The number of anilines is 2. The third-order valence-electron chi connectivity index (χ3n) is 7.48. The Hall–Kier alpha value is -3.48. The maximum absolute atomic E-state index is 12.8. The van der Waals surface area contributed by atoms with Crippen LogP contribution in [0.3, 0.4) is 0 Å². The summed E-state index contributed by atoms with van der Waals surface area (Å²) in [6, 6.07) is 12.2. The number of carbonyl (C=O) groups excluding carboxylic acids is 4. The molecule has 7 nitrogen and oxygen atoms in total. The Morgan fingerprint density at radius 3 is 2.21 bits per heavy atom. The first kappa shape index (κ1) is 22.3. The SMILES string of the molecule is Cc1cccc(N2C[C@@H](C(=O)Oc3ccc(N4C(=O)[C@H]5CCCC[C@H]5C4=O)cc3)CC2=O)c1C. The van der Waals surface area contributed by atoms with Gasteiger partial charge in [-0.2, -0.15) is 0 Å². The monoisotopic (exact) mass is 460 g/mol. The molecule has 0 bridgehead atoms. The maximum Gasteiger partial charge on any atom is 0.316 e. The number of benzene rings is 2. The number of rotatable bonds is 4. The summed E-state index contributed by atoms with van der Waals surface area (Å²) in [5.41, 5.74) is 3.43. The van der Waals surface area contributed by atoms with E-state index >= 15 is 0 Å². The zero-order chi connectivity index (χ0) is 24.0. The van der Waals surface area contributed by atoms with E-state index in [9.17, 15) is 19.2 Å². The van der Waals surface area contributed by atoms with Crippen molar-refractivity contribution in [2.24, 2.45) is 17.8 Å². The summed E-state index contributed by atoms with van der Waals surface area (Å²) in [7, 11) is 0. The normalized spacial score (nSPS) is 24.5. The molecule has 2 aromatic carbocycles. The Morgan fingerprint density at radius 1 is 0.912 bits per heavy atom. The molecule has 2 aliphatic heterocycles. The van der Waals surface area contributed by atoms with Crippen LogP contribution >= 0.6 is 0 Å². The molecule has 3 fully saturated rings. The lowest BCUT2D eigenvalue weighted by Gasteiger charge is -2.20. The molecule has 7 heteroatoms. The van der Waals surface area contributed by atoms with Crippen LogP contribution in [0.15, 0.2) is 42.5 Å². The maximum atomic E-state index is 12.8. The first-order valence-corrected chi connectivity index (χ1v) is 11.9. The third kappa shape index (κ3) is 3.79. The van der Waals surface area contributed by atoms with Gasteiger partial charge in [-0.1, -0.05) is 25.0 Å². The van der Waals surface area contributed by atoms with Gasteiger partial charge < -0.3 is 9.64 Å². The molecule has 2 aromatic rings. The lowest BCUT2D eigenvalue weighted by Crippen LogP contribution is -2.30. The molecule has 176 valence electrons. The quantitative estimate of drug-likeness (QED) is 0.392. The van der Waals surface area contributed by atoms with Crippen LogP contribution in [0.2, 0.25) is 0 Å². The first-order valence-electron chi connectivity index (χ1n) is 11.9. The van der Waals surface area contributed by atoms with Crippen molar-refractivity contribution in [3.8, 4) is 5.75 Å². The summed E-state index contributed by atoms with van der Waals surface area (Å²) >= 11 is 0. The molecule has 5 rings (SSSR count). The van der Waals surface area contributed by atoms with Crippen molar-refractivity contribution < 1.29 is 23.9 Å². The van der Waals surface area contributed by atoms with E-state index in [1.54, 1.807) is 29.2 Å². The summed E-state index contributed by atoms with van der Waals surface area (Å²) in [5.74, 6) is -1.48. The lowest BCUT2D eigenvalue weighted by atomic mass is 9.81. The second-order valence-electron chi connectivity index (χ2n) is 9.55. The minimum Gasteiger partial charge on any atom is -0.426 e. The standard InChI is InChI=1S/C27H28N2O5/c1-16-6-5-9-23(17(16)2)28-15-18(14-24(28)30)27(33)34-20-12-10-19(11-13-20)29-25(31)21-7-3-4-8-22(21)26(29)32/h5-6,9-13,18,21-22H,3-4,7-8,14-15H2,1-2H3/t18-,21-,22+/m0/s1. The topological polar surface area (TPSA) is 84.0 Å². The molecule has 2 saturated heterocycles. The van der Waals surface area contributed by atoms with Gasteiger partial charge in [0.15, 0.2) is 0 Å². The predicted molar refractivity (Wildman–Crippen MR) is 126 cm³/mol. The van der Waals surface area contributed by atoms with Gasteiger partial charge in [0.2, 0.25) is 17.7 Å². The van der Waals surface area contributed by atoms with Crippen molar-refractivity contribution in [3.05, 3.63) is 53.6 Å². The van der Waals surface area contributed by atoms with Gasteiger partial charge >= 0.3 is 5.97 Å². The second kappa shape index (κ2) is 8.70. The van der Waals surface area contributed by atoms with E-state index < -0.39 is 11.9 Å². The number of hydrogen-bond donors (Lipinski definition) is 0. The van der Waals surface area contributed by atoms with Gasteiger partial charge in [-0.3, -0.25) is 24.1 Å². The van der Waals surface area contributed by atoms with E-state index in [1.807, 2.05) is 32.0 Å². The molecule has 3 amide bonds. The van der Waals surface area contributed by atoms with Gasteiger partial charge in [-0.15, -0.1) is 0 Å². The number of hydrogen-bond acceptors (Lipinski definition) is 5. The van der Waals surface area contributed by atoms with Crippen LogP contribution in [0.5, 0.6) is 5.75 Å². The summed E-state index contributed by atoms with van der Waals surface area (Å²) in [6.45, 7) is 4.24. The van der Waals surface area contributed by atoms with E-state index in [1.165, 1.54) is 4.90 Å². The molecule has 0 radical (unpaired) electrons. The molecule has 34 heavy (non-hydrogen) atoms. The van der Waals surface area contributed by atoms with Gasteiger partial charge in [0.1, 0.15) is 5.75 Å². The minimum absolute atomic E-state index is 0.0986. The Labute approximate surface area is 198 Å². The van der Waals surface area contributed by atoms with Gasteiger partial charge in [0, 0.05) is 18.7 Å². The molecule has 3 aliphatic rings. The number of esters is 1. The van der Waals surface area contributed by atoms with Gasteiger partial charge in [0.25, 0.3) is 0 Å². The second-order valence-corrected chi connectivity index (χ2v) is 9.55. The highest BCUT2D eigenvalue weighted by atomic mass is 16.5. The highest BCUT2D eigenvalue weighted by Crippen LogP contribution is 2.40. The van der Waals surface area contributed by atoms with E-state index in [0.717, 1.165) is 42.5 Å². The lowest BCUT2D eigenvalue weighted by molar-refractivity contribution is -0.139. The van der Waals surface area contributed by atoms with Crippen molar-refractivity contribution >= 4 is 35.1 Å². The highest BCUT2D eigenvalue weighted by Gasteiger charge is 2.48. The third-order valence-corrected chi connectivity index (χ3v) is 7.48. The van der Waals surface area contributed by atoms with Crippen molar-refractivity contribution in [2.75, 3.05) is 16.3 Å². The van der Waals surface area contributed by atoms with Crippen LogP contribution in [0.1, 0.15) is 43.2 Å². The fraction of sp³-hybridized carbons (Fsp3) is 0.407. The van der Waals surface area contributed by atoms with Crippen molar-refractivity contribution in [1.29, 1.82) is 0 Å². The summed E-state index contributed by atoms with van der Waals surface area (Å²) in [6.07, 6.45) is 3.59. The summed E-state index contributed by atoms with van der Waals surface area (Å²) in [5, 5.41) is 0. The van der Waals surface area contributed by atoms with E-state index in [-0.39, 0.29) is 42.5 Å². The Balaban J connectivity index is 1.25. The molecule has 3 atom stereocenters. The Kier molecular flexibility index (Phi) is 5.71. The number of fused-ring (bicyclic) bond motifs is 1. The molecule has 0 aromatic heterocycles. The molecule has 1 saturated carbocycles. The minimum atomic E-state index is -0.558. The van der Waals surface area contributed by atoms with Crippen molar-refractivity contribution in [1.82, 2.24) is 0 Å². The van der Waals surface area contributed by atoms with Crippen molar-refractivity contribution in [2.45, 2.75) is 46.0 Å². The van der Waals surface area contributed by atoms with Gasteiger partial charge in [-0.05, 0) is 68.1 Å². The number of amides is 3. The molecule has 0 N–H and O–H groups in total. The molecule has 1 aliphatic carbocycles. The number of carbonyl (C=O) groups is 4. The van der Waals surface area contributed by atoms with E-state index in [4.69, 9.17) is 4.74 Å². The average Bonchev–Trinajstić information content (AvgIpc) is 3.34. The molecule has 0 spiro atoms. The molecular formula is C27H28N2O5. The molecular weight excluding hydrogens is 432 g/mol. The highest BCUT2D eigenvalue weighted by molar-refractivity contribution is 6.22. The fourth-order valence-electron chi connectivity index (χ4n) is 5.41. The smallest absolute Gasteiger partial charge is 0.316 e. The van der Waals surface area contributed by atoms with Crippen LogP contribution in [0.4, 0.5) is 11.4 Å². The zero-order valence-electron chi connectivity index (χ0n) is 19.5. The van der Waals surface area contributed by atoms with Crippen LogP contribution in [-0.4, -0.2) is 30.2 Å². The number of aryl methyl sites for hydroxylation is 1. The largest absolute Gasteiger partial charge is 0.426 e.